The molecular formula is C21H33BrN4O. The highest BCUT2D eigenvalue weighted by Gasteiger charge is 2.24. The second-order valence-corrected chi connectivity index (χ2v) is 8.93. The van der Waals surface area contributed by atoms with E-state index in [1.54, 1.807) is 7.11 Å². The molecule has 2 aliphatic rings. The van der Waals surface area contributed by atoms with Gasteiger partial charge in [-0.3, -0.25) is 5.41 Å². The Balaban J connectivity index is 1.41. The Labute approximate surface area is 171 Å². The lowest BCUT2D eigenvalue weighted by Gasteiger charge is -2.36. The van der Waals surface area contributed by atoms with Crippen LogP contribution < -0.4 is 10.5 Å². The van der Waals surface area contributed by atoms with Crippen LogP contribution in [0.5, 0.6) is 5.75 Å². The molecular weight excluding hydrogens is 404 g/mol. The average Bonchev–Trinajstić information content (AvgIpc) is 2.69. The smallest absolute Gasteiger partial charge is 0.188 e. The van der Waals surface area contributed by atoms with E-state index in [-0.39, 0.29) is 5.96 Å². The lowest BCUT2D eigenvalue weighted by Crippen LogP contribution is -2.44. The largest absolute Gasteiger partial charge is 0.497 e. The summed E-state index contributed by atoms with van der Waals surface area (Å²) in [6, 6.07) is 6.27. The summed E-state index contributed by atoms with van der Waals surface area (Å²) in [6.07, 6.45) is 7.35. The van der Waals surface area contributed by atoms with Gasteiger partial charge in [0.1, 0.15) is 5.75 Å². The van der Waals surface area contributed by atoms with Crippen LogP contribution >= 0.6 is 15.9 Å². The normalized spacial score (nSPS) is 22.0. The van der Waals surface area contributed by atoms with Gasteiger partial charge in [-0.2, -0.15) is 0 Å². The van der Waals surface area contributed by atoms with E-state index < -0.39 is 0 Å². The van der Waals surface area contributed by atoms with E-state index in [1.165, 1.54) is 61.8 Å². The van der Waals surface area contributed by atoms with Crippen LogP contribution in [0.4, 0.5) is 0 Å². The summed E-state index contributed by atoms with van der Waals surface area (Å²) in [5.74, 6) is 2.63. The van der Waals surface area contributed by atoms with E-state index in [0.717, 1.165) is 31.2 Å². The highest BCUT2D eigenvalue weighted by atomic mass is 79.9. The highest BCUT2D eigenvalue weighted by Crippen LogP contribution is 2.29. The number of hydrogen-bond donors (Lipinski definition) is 2. The lowest BCUT2D eigenvalue weighted by molar-refractivity contribution is 0.158. The van der Waals surface area contributed by atoms with Gasteiger partial charge in [-0.15, -0.1) is 0 Å². The molecule has 27 heavy (non-hydrogen) atoms. The Morgan fingerprint density at radius 3 is 2.70 bits per heavy atom. The third kappa shape index (κ3) is 5.85. The molecule has 2 aliphatic heterocycles. The molecule has 2 heterocycles. The number of nitrogens with one attached hydrogen (secondary N) is 1. The fourth-order valence-electron chi connectivity index (χ4n) is 4.44. The average molecular weight is 437 g/mol. The number of ether oxygens (including phenoxy) is 1. The Kier molecular flexibility index (Phi) is 7.41. The number of rotatable bonds is 6. The molecule has 2 fully saturated rings. The van der Waals surface area contributed by atoms with Crippen LogP contribution in [-0.4, -0.2) is 55.6 Å². The van der Waals surface area contributed by atoms with Gasteiger partial charge < -0.3 is 20.3 Å². The second kappa shape index (κ2) is 9.78. The Morgan fingerprint density at radius 2 is 2.00 bits per heavy atom. The van der Waals surface area contributed by atoms with Gasteiger partial charge in [-0.25, -0.2) is 0 Å². The lowest BCUT2D eigenvalue weighted by atomic mass is 9.89. The van der Waals surface area contributed by atoms with Crippen molar-refractivity contribution in [1.82, 2.24) is 9.80 Å². The second-order valence-electron chi connectivity index (χ2n) is 8.07. The number of nitrogens with two attached hydrogens (primary N) is 1. The van der Waals surface area contributed by atoms with Crippen molar-refractivity contribution < 1.29 is 4.74 Å². The molecule has 0 spiro atoms. The van der Waals surface area contributed by atoms with Gasteiger partial charge in [0.2, 0.25) is 0 Å². The van der Waals surface area contributed by atoms with Crippen LogP contribution in [0.2, 0.25) is 0 Å². The molecule has 1 aromatic rings. The third-order valence-corrected chi connectivity index (χ3v) is 6.96. The number of benzene rings is 1. The van der Waals surface area contributed by atoms with Crippen molar-refractivity contribution >= 4 is 21.9 Å². The van der Waals surface area contributed by atoms with E-state index in [9.17, 15) is 0 Å². The maximum Gasteiger partial charge on any atom is 0.188 e. The quantitative estimate of drug-likeness (QED) is 0.526. The molecule has 0 amide bonds. The maximum absolute atomic E-state index is 7.64. The summed E-state index contributed by atoms with van der Waals surface area (Å²) in [7, 11) is 1.73. The first-order valence-corrected chi connectivity index (χ1v) is 11.0. The van der Waals surface area contributed by atoms with Crippen LogP contribution in [0, 0.1) is 17.2 Å². The maximum atomic E-state index is 7.64. The molecule has 6 heteroatoms. The predicted octanol–water partition coefficient (Wildman–Crippen LogP) is 3.71. The number of piperidine rings is 2. The molecule has 0 aliphatic carbocycles. The van der Waals surface area contributed by atoms with Crippen molar-refractivity contribution in [2.24, 2.45) is 17.6 Å². The topological polar surface area (TPSA) is 65.6 Å². The van der Waals surface area contributed by atoms with E-state index in [1.807, 2.05) is 11.0 Å². The number of halogens is 1. The minimum absolute atomic E-state index is 0.240. The minimum atomic E-state index is 0.240. The molecule has 0 bridgehead atoms. The van der Waals surface area contributed by atoms with Crippen LogP contribution in [0.15, 0.2) is 22.7 Å². The summed E-state index contributed by atoms with van der Waals surface area (Å²) >= 11 is 3.69. The molecule has 3 N–H and O–H groups in total. The number of nitrogens with zero attached hydrogens (tertiary/aromatic N) is 2. The zero-order valence-corrected chi connectivity index (χ0v) is 18.0. The number of guanidine groups is 1. The van der Waals surface area contributed by atoms with Gasteiger partial charge in [0, 0.05) is 17.6 Å². The number of methoxy groups -OCH3 is 1. The standard InChI is InChI=1S/C21H33BrN4O/c1-27-19-4-5-20(22)18(14-19)13-16-6-10-25(11-7-16)12-8-17-3-2-9-26(15-17)21(23)24/h4-5,14,16-17H,2-3,6-13,15H2,1H3,(H3,23,24). The fraction of sp³-hybridized carbons (Fsp3) is 0.667. The van der Waals surface area contributed by atoms with Crippen molar-refractivity contribution in [3.63, 3.8) is 0 Å². The van der Waals surface area contributed by atoms with Crippen LogP contribution in [0.3, 0.4) is 0 Å². The summed E-state index contributed by atoms with van der Waals surface area (Å²) in [4.78, 5) is 4.66. The highest BCUT2D eigenvalue weighted by molar-refractivity contribution is 9.10. The first-order chi connectivity index (χ1) is 13.0. The van der Waals surface area contributed by atoms with Crippen molar-refractivity contribution in [3.8, 4) is 5.75 Å². The number of hydrogen-bond acceptors (Lipinski definition) is 3. The van der Waals surface area contributed by atoms with E-state index >= 15 is 0 Å². The summed E-state index contributed by atoms with van der Waals surface area (Å²) in [5, 5.41) is 7.64. The molecule has 1 unspecified atom stereocenters. The van der Waals surface area contributed by atoms with E-state index in [4.69, 9.17) is 15.9 Å². The summed E-state index contributed by atoms with van der Waals surface area (Å²) < 4.78 is 6.57. The van der Waals surface area contributed by atoms with Crippen molar-refractivity contribution in [1.29, 1.82) is 5.41 Å². The van der Waals surface area contributed by atoms with Gasteiger partial charge in [-0.05, 0) is 93.8 Å². The van der Waals surface area contributed by atoms with Crippen molar-refractivity contribution in [2.45, 2.75) is 38.5 Å². The van der Waals surface area contributed by atoms with Crippen molar-refractivity contribution in [2.75, 3.05) is 39.8 Å². The van der Waals surface area contributed by atoms with E-state index in [0.29, 0.717) is 5.92 Å². The summed E-state index contributed by atoms with van der Waals surface area (Å²) in [6.45, 7) is 5.52. The van der Waals surface area contributed by atoms with Gasteiger partial charge >= 0.3 is 0 Å². The van der Waals surface area contributed by atoms with Crippen LogP contribution in [0.1, 0.15) is 37.7 Å². The van der Waals surface area contributed by atoms with Crippen LogP contribution in [-0.2, 0) is 6.42 Å². The molecule has 0 aromatic heterocycles. The Morgan fingerprint density at radius 1 is 1.22 bits per heavy atom. The van der Waals surface area contributed by atoms with Gasteiger partial charge in [0.15, 0.2) is 5.96 Å². The summed E-state index contributed by atoms with van der Waals surface area (Å²) in [5.41, 5.74) is 7.02. The van der Waals surface area contributed by atoms with E-state index in [2.05, 4.69) is 33.0 Å². The first-order valence-electron chi connectivity index (χ1n) is 10.2. The molecule has 0 saturated carbocycles. The molecule has 5 nitrogen and oxygen atoms in total. The predicted molar refractivity (Wildman–Crippen MR) is 114 cm³/mol. The van der Waals surface area contributed by atoms with Gasteiger partial charge in [0.05, 0.1) is 7.11 Å². The molecule has 1 aromatic carbocycles. The molecule has 150 valence electrons. The zero-order chi connectivity index (χ0) is 19.2. The monoisotopic (exact) mass is 436 g/mol. The molecule has 0 radical (unpaired) electrons. The first kappa shape index (κ1) is 20.5. The fourth-order valence-corrected chi connectivity index (χ4v) is 4.85. The minimum Gasteiger partial charge on any atom is -0.497 e. The zero-order valence-electron chi connectivity index (χ0n) is 16.4. The molecule has 2 saturated heterocycles. The molecule has 1 atom stereocenters. The Bertz CT molecular complexity index is 631. The molecule has 3 rings (SSSR count). The van der Waals surface area contributed by atoms with Crippen LogP contribution in [0.25, 0.3) is 0 Å². The SMILES string of the molecule is COc1ccc(Br)c(CC2CCN(CCC3CCCN(C(=N)N)C3)CC2)c1. The van der Waals surface area contributed by atoms with Gasteiger partial charge in [-0.1, -0.05) is 15.9 Å². The number of likely N-dealkylation sites (tertiary alicyclic amines) is 2. The van der Waals surface area contributed by atoms with Crippen molar-refractivity contribution in [3.05, 3.63) is 28.2 Å². The third-order valence-electron chi connectivity index (χ3n) is 6.18. The Hall–Kier alpha value is -1.27. The van der Waals surface area contributed by atoms with Gasteiger partial charge in [0.25, 0.3) is 0 Å².